The maximum Gasteiger partial charge on any atom is 0.245 e. The van der Waals surface area contributed by atoms with Crippen LogP contribution in [-0.4, -0.2) is 22.8 Å². The van der Waals surface area contributed by atoms with Gasteiger partial charge < -0.3 is 14.9 Å². The number of nitrogens with two attached hydrogens (primary N) is 1. The molecule has 2 fully saturated rings. The van der Waals surface area contributed by atoms with E-state index in [1.165, 1.54) is 12.8 Å². The highest BCUT2D eigenvalue weighted by atomic mass is 16.5. The molecule has 1 aliphatic heterocycles. The molecule has 0 unspecified atom stereocenters. The van der Waals surface area contributed by atoms with E-state index in [1.54, 1.807) is 0 Å². The zero-order valence-corrected chi connectivity index (χ0v) is 10.1. The van der Waals surface area contributed by atoms with Gasteiger partial charge in [-0.2, -0.15) is 0 Å². The van der Waals surface area contributed by atoms with Crippen LogP contribution in [0.25, 0.3) is 0 Å². The summed E-state index contributed by atoms with van der Waals surface area (Å²) in [7, 11) is 0. The topological polar surface area (TPSA) is 74.2 Å². The molecule has 94 valence electrons. The molecule has 1 saturated heterocycles. The van der Waals surface area contributed by atoms with Crippen LogP contribution in [-0.2, 0) is 4.74 Å². The molecule has 17 heavy (non-hydrogen) atoms. The van der Waals surface area contributed by atoms with Crippen molar-refractivity contribution in [3.63, 3.8) is 0 Å². The molecule has 1 aliphatic carbocycles. The van der Waals surface area contributed by atoms with E-state index < -0.39 is 0 Å². The van der Waals surface area contributed by atoms with Crippen molar-refractivity contribution in [1.82, 2.24) is 10.2 Å². The van der Waals surface area contributed by atoms with Gasteiger partial charge in [-0.05, 0) is 25.2 Å². The summed E-state index contributed by atoms with van der Waals surface area (Å²) >= 11 is 0. The van der Waals surface area contributed by atoms with Gasteiger partial charge in [-0.25, -0.2) is 0 Å². The Hall–Kier alpha value is -0.940. The van der Waals surface area contributed by atoms with Crippen molar-refractivity contribution < 1.29 is 9.15 Å². The molecule has 2 heterocycles. The molecule has 1 aromatic rings. The maximum absolute atomic E-state index is 5.78. The summed E-state index contributed by atoms with van der Waals surface area (Å²) in [5.41, 5.74) is 5.78. The lowest BCUT2D eigenvalue weighted by Crippen LogP contribution is -2.32. The lowest BCUT2D eigenvalue weighted by atomic mass is 10.1. The number of hydrogen-bond donors (Lipinski definition) is 1. The minimum atomic E-state index is -0.0464. The van der Waals surface area contributed by atoms with Crippen molar-refractivity contribution >= 4 is 0 Å². The molecule has 0 aromatic carbocycles. The van der Waals surface area contributed by atoms with Crippen LogP contribution in [0.2, 0.25) is 0 Å². The zero-order valence-electron chi connectivity index (χ0n) is 10.1. The van der Waals surface area contributed by atoms with E-state index in [4.69, 9.17) is 14.9 Å². The van der Waals surface area contributed by atoms with Gasteiger partial charge in [0.15, 0.2) is 0 Å². The summed E-state index contributed by atoms with van der Waals surface area (Å²) in [5, 5.41) is 8.26. The summed E-state index contributed by atoms with van der Waals surface area (Å²) in [6, 6.07) is 0.154. The third-order valence-electron chi connectivity index (χ3n) is 3.81. The van der Waals surface area contributed by atoms with Crippen molar-refractivity contribution in [3.8, 4) is 0 Å². The van der Waals surface area contributed by atoms with Gasteiger partial charge in [0.05, 0.1) is 6.61 Å². The molecule has 2 aliphatic rings. The van der Waals surface area contributed by atoms with Crippen molar-refractivity contribution in [1.29, 1.82) is 0 Å². The fraction of sp³-hybridized carbons (Fsp3) is 0.833. The number of ether oxygens (including phenoxy) is 1. The zero-order chi connectivity index (χ0) is 11.8. The fourth-order valence-electron chi connectivity index (χ4n) is 2.49. The molecule has 0 radical (unpaired) electrons. The number of aromatic nitrogens is 2. The standard InChI is InChI=1S/C12H19N3O2/c1-2-7-5-9(7)11-14-15-12(17-11)10-4-3-8(13)6-16-10/h7-10H,2-6,13H2,1H3/t7-,8-,9-,10+/m1/s1. The molecular formula is C12H19N3O2. The van der Waals surface area contributed by atoms with Crippen molar-refractivity contribution in [2.75, 3.05) is 6.61 Å². The first-order valence-corrected chi connectivity index (χ1v) is 6.48. The maximum atomic E-state index is 5.78. The molecule has 3 rings (SSSR count). The van der Waals surface area contributed by atoms with Gasteiger partial charge in [-0.1, -0.05) is 13.3 Å². The first-order chi connectivity index (χ1) is 8.28. The Morgan fingerprint density at radius 1 is 1.29 bits per heavy atom. The highest BCUT2D eigenvalue weighted by Gasteiger charge is 2.41. The summed E-state index contributed by atoms with van der Waals surface area (Å²) in [6.45, 7) is 2.79. The molecule has 1 saturated carbocycles. The highest BCUT2D eigenvalue weighted by molar-refractivity contribution is 5.06. The second-order valence-electron chi connectivity index (χ2n) is 5.15. The molecule has 5 nitrogen and oxygen atoms in total. The van der Waals surface area contributed by atoms with Crippen LogP contribution in [0.4, 0.5) is 0 Å². The van der Waals surface area contributed by atoms with Gasteiger partial charge in [0.2, 0.25) is 11.8 Å². The molecule has 0 spiro atoms. The van der Waals surface area contributed by atoms with Gasteiger partial charge in [-0.15, -0.1) is 10.2 Å². The largest absolute Gasteiger partial charge is 0.422 e. The quantitative estimate of drug-likeness (QED) is 0.867. The second-order valence-corrected chi connectivity index (χ2v) is 5.15. The lowest BCUT2D eigenvalue weighted by Gasteiger charge is -2.24. The Labute approximate surface area is 101 Å². The normalized spacial score (nSPS) is 37.1. The van der Waals surface area contributed by atoms with Crippen LogP contribution >= 0.6 is 0 Å². The van der Waals surface area contributed by atoms with E-state index in [2.05, 4.69) is 17.1 Å². The summed E-state index contributed by atoms with van der Waals surface area (Å²) < 4.78 is 11.3. The summed E-state index contributed by atoms with van der Waals surface area (Å²) in [4.78, 5) is 0. The van der Waals surface area contributed by atoms with Gasteiger partial charge in [0.25, 0.3) is 0 Å². The first-order valence-electron chi connectivity index (χ1n) is 6.48. The predicted octanol–water partition coefficient (Wildman–Crippen LogP) is 1.76. The van der Waals surface area contributed by atoms with Crippen molar-refractivity contribution in [3.05, 3.63) is 11.8 Å². The Morgan fingerprint density at radius 2 is 2.12 bits per heavy atom. The molecular weight excluding hydrogens is 218 g/mol. The number of hydrogen-bond acceptors (Lipinski definition) is 5. The minimum absolute atomic E-state index is 0.0464. The molecule has 1 aromatic heterocycles. The molecule has 4 atom stereocenters. The Balaban J connectivity index is 1.64. The first kappa shape index (κ1) is 11.2. The predicted molar refractivity (Wildman–Crippen MR) is 61.3 cm³/mol. The van der Waals surface area contributed by atoms with Crippen LogP contribution in [0.15, 0.2) is 4.42 Å². The fourth-order valence-corrected chi connectivity index (χ4v) is 2.49. The molecule has 2 N–H and O–H groups in total. The van der Waals surface area contributed by atoms with Gasteiger partial charge in [-0.3, -0.25) is 0 Å². The highest BCUT2D eigenvalue weighted by Crippen LogP contribution is 2.49. The summed E-state index contributed by atoms with van der Waals surface area (Å²) in [6.07, 6.45) is 4.18. The minimum Gasteiger partial charge on any atom is -0.422 e. The third kappa shape index (κ3) is 2.21. The van der Waals surface area contributed by atoms with Crippen LogP contribution in [0, 0.1) is 5.92 Å². The Bertz CT molecular complexity index is 385. The van der Waals surface area contributed by atoms with Crippen LogP contribution in [0.5, 0.6) is 0 Å². The van der Waals surface area contributed by atoms with E-state index >= 15 is 0 Å². The van der Waals surface area contributed by atoms with Crippen molar-refractivity contribution in [2.24, 2.45) is 11.7 Å². The SMILES string of the molecule is CC[C@@H]1C[C@H]1c1nnc([C@@H]2CC[C@@H](N)CO2)o1. The van der Waals surface area contributed by atoms with E-state index in [0.29, 0.717) is 18.4 Å². The average molecular weight is 237 g/mol. The third-order valence-corrected chi connectivity index (χ3v) is 3.81. The van der Waals surface area contributed by atoms with E-state index in [9.17, 15) is 0 Å². The molecule has 0 amide bonds. The van der Waals surface area contributed by atoms with E-state index in [-0.39, 0.29) is 12.1 Å². The smallest absolute Gasteiger partial charge is 0.245 e. The summed E-state index contributed by atoms with van der Waals surface area (Å²) in [5.74, 6) is 2.66. The molecule has 0 bridgehead atoms. The van der Waals surface area contributed by atoms with Crippen LogP contribution < -0.4 is 5.73 Å². The van der Waals surface area contributed by atoms with E-state index in [0.717, 1.165) is 24.7 Å². The van der Waals surface area contributed by atoms with Gasteiger partial charge in [0.1, 0.15) is 6.10 Å². The van der Waals surface area contributed by atoms with Gasteiger partial charge in [0, 0.05) is 12.0 Å². The molecule has 5 heteroatoms. The Kier molecular flexibility index (Phi) is 2.88. The number of rotatable bonds is 3. The van der Waals surface area contributed by atoms with Gasteiger partial charge >= 0.3 is 0 Å². The number of nitrogens with zero attached hydrogens (tertiary/aromatic N) is 2. The Morgan fingerprint density at radius 3 is 2.76 bits per heavy atom. The second kappa shape index (κ2) is 4.38. The van der Waals surface area contributed by atoms with E-state index in [1.807, 2.05) is 0 Å². The monoisotopic (exact) mass is 237 g/mol. The van der Waals surface area contributed by atoms with Crippen LogP contribution in [0.1, 0.15) is 56.4 Å². The lowest BCUT2D eigenvalue weighted by molar-refractivity contribution is -0.0119. The average Bonchev–Trinajstić information content (AvgIpc) is 2.99. The van der Waals surface area contributed by atoms with Crippen molar-refractivity contribution in [2.45, 2.75) is 50.7 Å². The van der Waals surface area contributed by atoms with Crippen LogP contribution in [0.3, 0.4) is 0 Å².